The fourth-order valence-electron chi connectivity index (χ4n) is 3.01. The number of hydrogen-bond acceptors (Lipinski definition) is 5. The molecule has 0 atom stereocenters. The molecule has 0 aliphatic rings. The van der Waals surface area contributed by atoms with Crippen LogP contribution in [0.1, 0.15) is 21.6 Å². The third-order valence-corrected chi connectivity index (χ3v) is 4.40. The zero-order chi connectivity index (χ0) is 21.0. The fourth-order valence-corrected chi connectivity index (χ4v) is 3.01. The molecule has 0 aliphatic heterocycles. The molecule has 3 aromatic rings. The summed E-state index contributed by atoms with van der Waals surface area (Å²) in [5.41, 5.74) is 3.11. The van der Waals surface area contributed by atoms with Crippen LogP contribution in [0.2, 0.25) is 0 Å². The number of hydrogen-bond donors (Lipinski definition) is 1. The number of anilines is 1. The molecule has 150 valence electrons. The van der Waals surface area contributed by atoms with Crippen molar-refractivity contribution < 1.29 is 18.8 Å². The standard InChI is InChI=1S/C21H21FN4O3/c1-13-19(20(22)26(2)25-13)21(27)24-17-8-6-5-7-16(17)14-9-10-15(12-23-29-4)18(11-14)28-3/h5-12H,1-4H3,(H,24,27). The number of methoxy groups -OCH3 is 1. The largest absolute Gasteiger partial charge is 0.496 e. The first-order chi connectivity index (χ1) is 14.0. The number of aryl methyl sites for hydroxylation is 2. The summed E-state index contributed by atoms with van der Waals surface area (Å²) >= 11 is 0. The number of halogens is 1. The van der Waals surface area contributed by atoms with Crippen LogP contribution in [0.25, 0.3) is 11.1 Å². The Balaban J connectivity index is 1.97. The number of para-hydroxylation sites is 1. The quantitative estimate of drug-likeness (QED) is 0.508. The summed E-state index contributed by atoms with van der Waals surface area (Å²) in [5.74, 6) is -0.643. The molecule has 0 bridgehead atoms. The average Bonchev–Trinajstić information content (AvgIpc) is 2.98. The second-order valence-corrected chi connectivity index (χ2v) is 6.25. The molecule has 8 heteroatoms. The van der Waals surface area contributed by atoms with E-state index in [1.54, 1.807) is 32.4 Å². The zero-order valence-electron chi connectivity index (χ0n) is 16.6. The van der Waals surface area contributed by atoms with Crippen LogP contribution in [0.3, 0.4) is 0 Å². The van der Waals surface area contributed by atoms with E-state index in [1.807, 2.05) is 30.3 Å². The van der Waals surface area contributed by atoms with E-state index in [0.717, 1.165) is 21.4 Å². The van der Waals surface area contributed by atoms with Gasteiger partial charge < -0.3 is 14.9 Å². The van der Waals surface area contributed by atoms with E-state index < -0.39 is 11.9 Å². The molecular formula is C21H21FN4O3. The van der Waals surface area contributed by atoms with E-state index in [9.17, 15) is 9.18 Å². The van der Waals surface area contributed by atoms with Crippen LogP contribution in [0.5, 0.6) is 5.75 Å². The van der Waals surface area contributed by atoms with Gasteiger partial charge in [-0.25, -0.2) is 4.68 Å². The third-order valence-electron chi connectivity index (χ3n) is 4.40. The lowest BCUT2D eigenvalue weighted by Crippen LogP contribution is -2.15. The Morgan fingerprint density at radius 2 is 2.00 bits per heavy atom. The summed E-state index contributed by atoms with van der Waals surface area (Å²) in [4.78, 5) is 17.4. The molecule has 1 aromatic heterocycles. The van der Waals surface area contributed by atoms with Gasteiger partial charge in [0.2, 0.25) is 5.95 Å². The monoisotopic (exact) mass is 396 g/mol. The molecule has 0 saturated carbocycles. The highest BCUT2D eigenvalue weighted by Gasteiger charge is 2.21. The zero-order valence-corrected chi connectivity index (χ0v) is 16.6. The van der Waals surface area contributed by atoms with Crippen LogP contribution >= 0.6 is 0 Å². The topological polar surface area (TPSA) is 77.7 Å². The molecule has 0 fully saturated rings. The number of carbonyl (C=O) groups is 1. The van der Waals surface area contributed by atoms with Crippen LogP contribution in [-0.2, 0) is 11.9 Å². The van der Waals surface area contributed by atoms with Crippen molar-refractivity contribution in [1.29, 1.82) is 0 Å². The van der Waals surface area contributed by atoms with Crippen molar-refractivity contribution in [3.05, 3.63) is 65.2 Å². The number of benzene rings is 2. The molecule has 0 saturated heterocycles. The molecule has 0 spiro atoms. The maximum absolute atomic E-state index is 14.2. The van der Waals surface area contributed by atoms with E-state index in [-0.39, 0.29) is 5.56 Å². The minimum atomic E-state index is -0.680. The SMILES string of the molecule is CON=Cc1ccc(-c2ccccc2NC(=O)c2c(C)nn(C)c2F)cc1OC. The normalized spacial score (nSPS) is 10.9. The minimum Gasteiger partial charge on any atom is -0.496 e. The summed E-state index contributed by atoms with van der Waals surface area (Å²) in [7, 11) is 4.47. The molecule has 3 rings (SSSR count). The number of oxime groups is 1. The summed E-state index contributed by atoms with van der Waals surface area (Å²) < 4.78 is 20.7. The van der Waals surface area contributed by atoms with Crippen LogP contribution < -0.4 is 10.1 Å². The summed E-state index contributed by atoms with van der Waals surface area (Å²) in [6, 6.07) is 12.8. The molecule has 0 unspecified atom stereocenters. The smallest absolute Gasteiger partial charge is 0.262 e. The van der Waals surface area contributed by atoms with Gasteiger partial charge >= 0.3 is 0 Å². The maximum atomic E-state index is 14.2. The first-order valence-corrected chi connectivity index (χ1v) is 8.80. The van der Waals surface area contributed by atoms with E-state index in [4.69, 9.17) is 9.57 Å². The predicted octanol–water partition coefficient (Wildman–Crippen LogP) is 3.78. The lowest BCUT2D eigenvalue weighted by atomic mass is 10.0. The Morgan fingerprint density at radius 3 is 2.66 bits per heavy atom. The first kappa shape index (κ1) is 20.1. The highest BCUT2D eigenvalue weighted by atomic mass is 19.1. The van der Waals surface area contributed by atoms with E-state index in [1.165, 1.54) is 14.2 Å². The number of amides is 1. The van der Waals surface area contributed by atoms with Gasteiger partial charge in [-0.05, 0) is 30.7 Å². The molecule has 0 radical (unpaired) electrons. The van der Waals surface area contributed by atoms with Crippen molar-refractivity contribution in [1.82, 2.24) is 9.78 Å². The Labute approximate surface area is 167 Å². The van der Waals surface area contributed by atoms with Crippen molar-refractivity contribution in [2.24, 2.45) is 12.2 Å². The number of nitrogens with one attached hydrogen (secondary N) is 1. The van der Waals surface area contributed by atoms with Crippen molar-refractivity contribution in [3.8, 4) is 16.9 Å². The van der Waals surface area contributed by atoms with Crippen molar-refractivity contribution in [3.63, 3.8) is 0 Å². The van der Waals surface area contributed by atoms with E-state index in [2.05, 4.69) is 15.6 Å². The minimum absolute atomic E-state index is 0.0778. The number of rotatable bonds is 6. The van der Waals surface area contributed by atoms with Gasteiger partial charge in [0.15, 0.2) is 0 Å². The number of carbonyl (C=O) groups excluding carboxylic acids is 1. The van der Waals surface area contributed by atoms with Gasteiger partial charge in [0.05, 0.1) is 19.0 Å². The molecule has 1 amide bonds. The summed E-state index contributed by atoms with van der Waals surface area (Å²) in [6.45, 7) is 1.59. The number of ether oxygens (including phenoxy) is 1. The van der Waals surface area contributed by atoms with Gasteiger partial charge in [0, 0.05) is 23.9 Å². The number of aromatic nitrogens is 2. The molecule has 29 heavy (non-hydrogen) atoms. The fraction of sp³-hybridized carbons (Fsp3) is 0.190. The third kappa shape index (κ3) is 4.11. The van der Waals surface area contributed by atoms with Crippen LogP contribution in [0.15, 0.2) is 47.6 Å². The maximum Gasteiger partial charge on any atom is 0.262 e. The average molecular weight is 396 g/mol. The predicted molar refractivity (Wildman–Crippen MR) is 109 cm³/mol. The Kier molecular flexibility index (Phi) is 5.92. The summed E-state index contributed by atoms with van der Waals surface area (Å²) in [6.07, 6.45) is 1.55. The Bertz CT molecular complexity index is 1080. The molecule has 0 aliphatic carbocycles. The highest BCUT2D eigenvalue weighted by molar-refractivity contribution is 6.07. The Hall–Kier alpha value is -3.68. The van der Waals surface area contributed by atoms with Crippen LogP contribution in [-0.4, -0.2) is 36.1 Å². The molecule has 2 aromatic carbocycles. The van der Waals surface area contributed by atoms with Crippen molar-refractivity contribution in [2.75, 3.05) is 19.5 Å². The van der Waals surface area contributed by atoms with E-state index >= 15 is 0 Å². The lowest BCUT2D eigenvalue weighted by Gasteiger charge is -2.13. The van der Waals surface area contributed by atoms with Gasteiger partial charge in [-0.1, -0.05) is 29.4 Å². The second kappa shape index (κ2) is 8.55. The van der Waals surface area contributed by atoms with Gasteiger partial charge in [-0.3, -0.25) is 4.79 Å². The molecule has 1 heterocycles. The number of nitrogens with zero attached hydrogens (tertiary/aromatic N) is 3. The van der Waals surface area contributed by atoms with Crippen LogP contribution in [0, 0.1) is 12.9 Å². The molecule has 1 N–H and O–H groups in total. The molecule has 7 nitrogen and oxygen atoms in total. The van der Waals surface area contributed by atoms with Gasteiger partial charge in [0.1, 0.15) is 18.4 Å². The first-order valence-electron chi connectivity index (χ1n) is 8.80. The van der Waals surface area contributed by atoms with Crippen molar-refractivity contribution >= 4 is 17.8 Å². The second-order valence-electron chi connectivity index (χ2n) is 6.25. The highest BCUT2D eigenvalue weighted by Crippen LogP contribution is 2.32. The lowest BCUT2D eigenvalue weighted by molar-refractivity contribution is 0.102. The van der Waals surface area contributed by atoms with Gasteiger partial charge in [-0.2, -0.15) is 9.49 Å². The molecular weight excluding hydrogens is 375 g/mol. The van der Waals surface area contributed by atoms with Crippen molar-refractivity contribution in [2.45, 2.75) is 6.92 Å². The van der Waals surface area contributed by atoms with Gasteiger partial charge in [-0.15, -0.1) is 0 Å². The summed E-state index contributed by atoms with van der Waals surface area (Å²) in [5, 5.41) is 10.5. The van der Waals surface area contributed by atoms with Crippen LogP contribution in [0.4, 0.5) is 10.1 Å². The Morgan fingerprint density at radius 1 is 1.24 bits per heavy atom. The van der Waals surface area contributed by atoms with Gasteiger partial charge in [0.25, 0.3) is 5.91 Å². The van der Waals surface area contributed by atoms with E-state index in [0.29, 0.717) is 17.1 Å².